The summed E-state index contributed by atoms with van der Waals surface area (Å²) in [6.45, 7) is 10.1. The highest BCUT2D eigenvalue weighted by molar-refractivity contribution is 5.69. The van der Waals surface area contributed by atoms with Gasteiger partial charge in [-0.3, -0.25) is 14.4 Å². The van der Waals surface area contributed by atoms with Gasteiger partial charge < -0.3 is 19.5 Å². The minimum Gasteiger partial charge on any atom is -0.481 e. The van der Waals surface area contributed by atoms with Crippen molar-refractivity contribution in [2.24, 2.45) is 11.3 Å². The standard InChI is InChI=1S/C37H71NO6/c1-7-9-13-21-32(22-14-10-8-2)23-19-27-35(41)43-31-37(3,4)29-18-17-25-33(24-15-11-12-16-26-34(39)40)44-36(42)28-20-30-38(5)6/h32-33H,7-31H2,1-6H3,(H,39,40). The zero-order chi connectivity index (χ0) is 33.1. The number of carboxylic acid groups (broad SMARTS) is 1. The van der Waals surface area contributed by atoms with Crippen LogP contribution >= 0.6 is 0 Å². The average molecular weight is 626 g/mol. The molecule has 0 rings (SSSR count). The summed E-state index contributed by atoms with van der Waals surface area (Å²) in [4.78, 5) is 37.8. The first kappa shape index (κ1) is 42.4. The van der Waals surface area contributed by atoms with Crippen molar-refractivity contribution >= 4 is 17.9 Å². The Balaban J connectivity index is 4.48. The summed E-state index contributed by atoms with van der Waals surface area (Å²) >= 11 is 0. The van der Waals surface area contributed by atoms with Crippen LogP contribution in [0.2, 0.25) is 0 Å². The first-order chi connectivity index (χ1) is 21.0. The Morgan fingerprint density at radius 2 is 1.20 bits per heavy atom. The zero-order valence-corrected chi connectivity index (χ0v) is 29.8. The predicted octanol–water partition coefficient (Wildman–Crippen LogP) is 9.74. The maximum atomic E-state index is 12.5. The topological polar surface area (TPSA) is 93.1 Å². The van der Waals surface area contributed by atoms with E-state index in [-0.39, 0.29) is 29.9 Å². The van der Waals surface area contributed by atoms with Gasteiger partial charge in [-0.15, -0.1) is 0 Å². The maximum Gasteiger partial charge on any atom is 0.306 e. The van der Waals surface area contributed by atoms with Crippen LogP contribution in [0.25, 0.3) is 0 Å². The summed E-state index contributed by atoms with van der Waals surface area (Å²) in [6, 6.07) is 0. The van der Waals surface area contributed by atoms with E-state index in [2.05, 4.69) is 32.6 Å². The second-order valence-electron chi connectivity index (χ2n) is 14.2. The van der Waals surface area contributed by atoms with Gasteiger partial charge in [0.05, 0.1) is 6.61 Å². The third-order valence-corrected chi connectivity index (χ3v) is 8.63. The number of carbonyl (C=O) groups is 3. The van der Waals surface area contributed by atoms with Crippen LogP contribution in [-0.2, 0) is 23.9 Å². The first-order valence-electron chi connectivity index (χ1n) is 18.2. The van der Waals surface area contributed by atoms with Crippen molar-refractivity contribution in [3.8, 4) is 0 Å². The second kappa shape index (κ2) is 27.7. The molecule has 0 saturated carbocycles. The Hall–Kier alpha value is -1.63. The average Bonchev–Trinajstić information content (AvgIpc) is 2.95. The predicted molar refractivity (Wildman–Crippen MR) is 182 cm³/mol. The van der Waals surface area contributed by atoms with Crippen LogP contribution in [0.5, 0.6) is 0 Å². The van der Waals surface area contributed by atoms with Crippen LogP contribution in [0.15, 0.2) is 0 Å². The van der Waals surface area contributed by atoms with Gasteiger partial charge in [0, 0.05) is 19.3 Å². The SMILES string of the molecule is CCCCCC(CCCCC)CCCC(=O)OCC(C)(C)CCCCC(CCCCCCC(=O)O)OC(=O)CCCN(C)C. The summed E-state index contributed by atoms with van der Waals surface area (Å²) in [5.74, 6) is -0.186. The van der Waals surface area contributed by atoms with E-state index in [4.69, 9.17) is 14.6 Å². The number of esters is 2. The van der Waals surface area contributed by atoms with Gasteiger partial charge in [-0.25, -0.2) is 0 Å². The van der Waals surface area contributed by atoms with E-state index in [1.807, 2.05) is 14.1 Å². The highest BCUT2D eigenvalue weighted by Gasteiger charge is 2.21. The van der Waals surface area contributed by atoms with Crippen molar-refractivity contribution in [3.63, 3.8) is 0 Å². The molecule has 0 aromatic heterocycles. The summed E-state index contributed by atoms with van der Waals surface area (Å²) in [5.41, 5.74) is -0.0823. The summed E-state index contributed by atoms with van der Waals surface area (Å²) < 4.78 is 11.6. The van der Waals surface area contributed by atoms with Gasteiger partial charge in [0.15, 0.2) is 0 Å². The van der Waals surface area contributed by atoms with E-state index in [1.54, 1.807) is 0 Å². The van der Waals surface area contributed by atoms with Gasteiger partial charge in [-0.2, -0.15) is 0 Å². The molecule has 44 heavy (non-hydrogen) atoms. The first-order valence-corrected chi connectivity index (χ1v) is 18.2. The minimum atomic E-state index is -0.744. The Morgan fingerprint density at radius 3 is 1.80 bits per heavy atom. The minimum absolute atomic E-state index is 0.0662. The van der Waals surface area contributed by atoms with Crippen molar-refractivity contribution in [3.05, 3.63) is 0 Å². The van der Waals surface area contributed by atoms with E-state index in [9.17, 15) is 14.4 Å². The van der Waals surface area contributed by atoms with Crippen molar-refractivity contribution in [1.29, 1.82) is 0 Å². The molecule has 0 aliphatic heterocycles. The molecular weight excluding hydrogens is 554 g/mol. The van der Waals surface area contributed by atoms with Crippen molar-refractivity contribution in [2.45, 2.75) is 181 Å². The number of ether oxygens (including phenoxy) is 2. The molecule has 0 saturated heterocycles. The Morgan fingerprint density at radius 1 is 0.659 bits per heavy atom. The Labute approximate surface area is 271 Å². The molecule has 0 radical (unpaired) electrons. The summed E-state index contributed by atoms with van der Waals surface area (Å²) in [6.07, 6.45) is 22.3. The van der Waals surface area contributed by atoms with Crippen LogP contribution in [0.3, 0.4) is 0 Å². The van der Waals surface area contributed by atoms with Gasteiger partial charge in [-0.05, 0) is 89.8 Å². The number of carboxylic acids is 1. The number of aliphatic carboxylic acids is 1. The highest BCUT2D eigenvalue weighted by Crippen LogP contribution is 2.27. The molecule has 1 N–H and O–H groups in total. The molecule has 0 bridgehead atoms. The number of hydrogen-bond acceptors (Lipinski definition) is 6. The lowest BCUT2D eigenvalue weighted by molar-refractivity contribution is -0.150. The fourth-order valence-corrected chi connectivity index (χ4v) is 5.78. The normalized spacial score (nSPS) is 12.5. The number of rotatable bonds is 31. The third kappa shape index (κ3) is 27.9. The fraction of sp³-hybridized carbons (Fsp3) is 0.919. The zero-order valence-electron chi connectivity index (χ0n) is 29.8. The smallest absolute Gasteiger partial charge is 0.306 e. The monoisotopic (exact) mass is 626 g/mol. The maximum absolute atomic E-state index is 12.5. The molecule has 0 fully saturated rings. The molecule has 0 heterocycles. The van der Waals surface area contributed by atoms with E-state index in [0.717, 1.165) is 83.1 Å². The largest absolute Gasteiger partial charge is 0.481 e. The van der Waals surface area contributed by atoms with Crippen molar-refractivity contribution < 1.29 is 29.0 Å². The van der Waals surface area contributed by atoms with Gasteiger partial charge in [0.25, 0.3) is 0 Å². The van der Waals surface area contributed by atoms with Gasteiger partial charge in [-0.1, -0.05) is 98.3 Å². The lowest BCUT2D eigenvalue weighted by Crippen LogP contribution is -2.23. The van der Waals surface area contributed by atoms with Crippen LogP contribution in [0.1, 0.15) is 175 Å². The molecule has 1 atom stereocenters. The molecule has 0 aromatic carbocycles. The lowest BCUT2D eigenvalue weighted by atomic mass is 9.87. The van der Waals surface area contributed by atoms with Crippen LogP contribution in [0, 0.1) is 11.3 Å². The molecule has 7 nitrogen and oxygen atoms in total. The molecule has 260 valence electrons. The second-order valence-corrected chi connectivity index (χ2v) is 14.2. The summed E-state index contributed by atoms with van der Waals surface area (Å²) in [7, 11) is 4.00. The molecular formula is C37H71NO6. The van der Waals surface area contributed by atoms with Crippen LogP contribution in [0.4, 0.5) is 0 Å². The fourth-order valence-electron chi connectivity index (χ4n) is 5.78. The van der Waals surface area contributed by atoms with E-state index < -0.39 is 5.97 Å². The van der Waals surface area contributed by atoms with Crippen LogP contribution < -0.4 is 0 Å². The van der Waals surface area contributed by atoms with Crippen molar-refractivity contribution in [1.82, 2.24) is 4.90 Å². The Kier molecular flexibility index (Phi) is 26.6. The van der Waals surface area contributed by atoms with E-state index in [0.29, 0.717) is 25.9 Å². The van der Waals surface area contributed by atoms with E-state index in [1.165, 1.54) is 51.4 Å². The molecule has 0 amide bonds. The molecule has 0 aliphatic carbocycles. The third-order valence-electron chi connectivity index (χ3n) is 8.63. The Bertz CT molecular complexity index is 713. The van der Waals surface area contributed by atoms with Gasteiger partial charge >= 0.3 is 17.9 Å². The van der Waals surface area contributed by atoms with Gasteiger partial charge in [0.2, 0.25) is 0 Å². The molecule has 1 unspecified atom stereocenters. The van der Waals surface area contributed by atoms with E-state index >= 15 is 0 Å². The van der Waals surface area contributed by atoms with Gasteiger partial charge in [0.1, 0.15) is 6.10 Å². The number of carbonyl (C=O) groups excluding carboxylic acids is 2. The quantitative estimate of drug-likeness (QED) is 0.0605. The van der Waals surface area contributed by atoms with Crippen LogP contribution in [-0.4, -0.2) is 61.3 Å². The number of unbranched alkanes of at least 4 members (excludes halogenated alkanes) is 8. The lowest BCUT2D eigenvalue weighted by Gasteiger charge is -2.25. The summed E-state index contributed by atoms with van der Waals surface area (Å²) in [5, 5.41) is 8.83. The highest BCUT2D eigenvalue weighted by atomic mass is 16.5. The number of nitrogens with zero attached hydrogens (tertiary/aromatic N) is 1. The molecule has 0 aromatic rings. The molecule has 0 aliphatic rings. The molecule has 0 spiro atoms. The van der Waals surface area contributed by atoms with Crippen molar-refractivity contribution in [2.75, 3.05) is 27.2 Å². The number of hydrogen-bond donors (Lipinski definition) is 1. The molecule has 7 heteroatoms.